The molecule has 3 fully saturated rings. The Labute approximate surface area is 294 Å². The third kappa shape index (κ3) is 7.47. The molecule has 19 heteroatoms. The Hall–Kier alpha value is -3.51. The minimum Gasteiger partial charge on any atom is -0.508 e. The topological polar surface area (TPSA) is 309 Å². The number of ether oxygens (including phenoxy) is 6. The smallest absolute Gasteiger partial charge is 0.402 e. The summed E-state index contributed by atoms with van der Waals surface area (Å²) in [5.74, 6) is -0.914. The highest BCUT2D eigenvalue weighted by Crippen LogP contribution is 2.42. The van der Waals surface area contributed by atoms with Crippen molar-refractivity contribution in [3.05, 3.63) is 42.5 Å². The number of hydrogen-bond acceptors (Lipinski definition) is 18. The molecule has 0 amide bonds. The van der Waals surface area contributed by atoms with Crippen molar-refractivity contribution in [1.82, 2.24) is 0 Å². The van der Waals surface area contributed by atoms with Gasteiger partial charge in [0.25, 0.3) is 0 Å². The van der Waals surface area contributed by atoms with Crippen LogP contribution in [-0.2, 0) is 18.9 Å². The molecule has 3 aromatic rings. The molecule has 19 nitrogen and oxygen atoms in total. The summed E-state index contributed by atoms with van der Waals surface area (Å²) in [6.45, 7) is 0.142. The van der Waals surface area contributed by atoms with Crippen LogP contribution in [-0.4, -0.2) is 167 Å². The van der Waals surface area contributed by atoms with Crippen LogP contribution in [0.3, 0.4) is 0 Å². The van der Waals surface area contributed by atoms with Crippen molar-refractivity contribution in [3.63, 3.8) is 0 Å². The third-order valence-corrected chi connectivity index (χ3v) is 9.17. The fraction of sp³-hybridized carbons (Fsp3) is 0.545. The van der Waals surface area contributed by atoms with Gasteiger partial charge in [-0.3, -0.25) is 0 Å². The molecule has 52 heavy (non-hydrogen) atoms. The van der Waals surface area contributed by atoms with E-state index >= 15 is 0 Å². The lowest BCUT2D eigenvalue weighted by Crippen LogP contribution is -2.61. The molecule has 1 aromatic heterocycles. The van der Waals surface area contributed by atoms with Crippen LogP contribution < -0.4 is 9.47 Å². The van der Waals surface area contributed by atoms with Gasteiger partial charge in [-0.1, -0.05) is 0 Å². The van der Waals surface area contributed by atoms with Crippen LogP contribution >= 0.6 is 0 Å². The molecule has 0 unspecified atom stereocenters. The molecule has 3 aliphatic heterocycles. The average Bonchev–Trinajstić information content (AvgIpc) is 3.12. The molecule has 0 spiro atoms. The minimum atomic E-state index is -1.88. The summed E-state index contributed by atoms with van der Waals surface area (Å²) in [6, 6.07) is 9.23. The number of phenolic OH excluding ortho intramolecular Hbond substituents is 2. The normalized spacial score (nSPS) is 38.2. The van der Waals surface area contributed by atoms with Gasteiger partial charge < -0.3 is 89.7 Å². The molecule has 2 aromatic carbocycles. The molecule has 3 aliphatic rings. The molecule has 4 heterocycles. The lowest BCUT2D eigenvalue weighted by atomic mass is 9.98. The minimum absolute atomic E-state index is 0.0329. The number of aliphatic hydroxyl groups excluding tert-OH is 10. The Balaban J connectivity index is 1.33. The lowest BCUT2D eigenvalue weighted by Gasteiger charge is -2.42. The molecule has 3 saturated heterocycles. The number of fused-ring (bicyclic) bond motifs is 1. The zero-order valence-corrected chi connectivity index (χ0v) is 27.3. The van der Waals surface area contributed by atoms with E-state index in [-0.39, 0.29) is 39.7 Å². The first-order valence-corrected chi connectivity index (χ1v) is 16.3. The highest BCUT2D eigenvalue weighted by atomic mass is 16.7. The fourth-order valence-electron chi connectivity index (χ4n) is 6.08. The van der Waals surface area contributed by atoms with Gasteiger partial charge in [0.1, 0.15) is 89.8 Å². The summed E-state index contributed by atoms with van der Waals surface area (Å²) >= 11 is 0. The van der Waals surface area contributed by atoms with Crippen molar-refractivity contribution in [3.8, 4) is 34.3 Å². The van der Waals surface area contributed by atoms with E-state index in [1.165, 1.54) is 43.3 Å². The summed E-state index contributed by atoms with van der Waals surface area (Å²) in [5.41, 5.74) is 0.271. The van der Waals surface area contributed by atoms with E-state index in [1.54, 1.807) is 0 Å². The highest BCUT2D eigenvalue weighted by molar-refractivity contribution is 5.88. The molecule has 12 N–H and O–H groups in total. The van der Waals surface area contributed by atoms with Gasteiger partial charge in [-0.15, -0.1) is 0 Å². The number of phenols is 2. The molecule has 0 saturated carbocycles. The second-order valence-electron chi connectivity index (χ2n) is 12.8. The Morgan fingerprint density at radius 3 is 1.79 bits per heavy atom. The van der Waals surface area contributed by atoms with E-state index in [9.17, 15) is 61.3 Å². The summed E-state index contributed by atoms with van der Waals surface area (Å²) in [5, 5.41) is 124. The lowest BCUT2D eigenvalue weighted by molar-refractivity contribution is -0.318. The monoisotopic (exact) mass is 741 g/mol. The Kier molecular flexibility index (Phi) is 11.4. The van der Waals surface area contributed by atoms with Crippen LogP contribution in [0.25, 0.3) is 22.3 Å². The number of aromatic hydroxyl groups is 2. The largest absolute Gasteiger partial charge is 0.508 e. The number of rotatable bonds is 9. The maximum Gasteiger partial charge on any atom is 0.402 e. The van der Waals surface area contributed by atoms with E-state index in [2.05, 4.69) is 0 Å². The second kappa shape index (κ2) is 15.5. The SMILES string of the molecule is C[C@@H]1O[C@@H](OC[C@H]2O[C@@H](Oc3cc4c(O[C@@H]5O[C@@H](CO)[C@@H](O)[C@H](O)[C@@H]5O)cc(O)cc4[o+]c3-c3ccc(O)cc3)[C@H](O)[C@@H](O)[C@@H]2O)[C@@H](O)[C@@H](O)[C@H]1O. The van der Waals surface area contributed by atoms with Crippen molar-refractivity contribution < 1.29 is 94.1 Å². The number of benzene rings is 2. The molecule has 0 aliphatic carbocycles. The van der Waals surface area contributed by atoms with Gasteiger partial charge >= 0.3 is 11.3 Å². The van der Waals surface area contributed by atoms with Gasteiger partial charge in [-0.2, -0.15) is 0 Å². The standard InChI is InChI=1S/C33H40O19/c1-11-21(37)24(40)27(43)31(47-11)46-10-20-23(39)26(42)29(45)33(52-20)50-18-8-15-16(48-30(18)12-2-4-13(35)5-3-12)6-14(36)7-17(15)49-32-28(44)25(41)22(38)19(9-34)51-32/h2-8,11,19-29,31-34,37-45H,9-10H2,1H3,(H-,35,36)/p+1/t11-,19-,20+,21-,22+,23+,24-,25-,26-,27-,28-,29+,31+,32+,33+/m0/s1. The Morgan fingerprint density at radius 2 is 1.15 bits per heavy atom. The Morgan fingerprint density at radius 1 is 0.596 bits per heavy atom. The van der Waals surface area contributed by atoms with Crippen molar-refractivity contribution in [1.29, 1.82) is 0 Å². The summed E-state index contributed by atoms with van der Waals surface area (Å²) in [7, 11) is 0. The van der Waals surface area contributed by atoms with Gasteiger partial charge in [0.15, 0.2) is 6.29 Å². The molecule has 6 rings (SSSR count). The molecule has 0 bridgehead atoms. The van der Waals surface area contributed by atoms with E-state index < -0.39 is 105 Å². The number of aliphatic hydroxyl groups is 10. The molecular formula is C33H41O19+. The van der Waals surface area contributed by atoms with E-state index in [0.717, 1.165) is 6.07 Å². The van der Waals surface area contributed by atoms with Crippen LogP contribution in [0.4, 0.5) is 0 Å². The van der Waals surface area contributed by atoms with E-state index in [0.29, 0.717) is 5.56 Å². The summed E-state index contributed by atoms with van der Waals surface area (Å²) < 4.78 is 40.2. The maximum absolute atomic E-state index is 10.9. The predicted molar refractivity (Wildman–Crippen MR) is 169 cm³/mol. The van der Waals surface area contributed by atoms with Crippen molar-refractivity contribution in [2.24, 2.45) is 0 Å². The summed E-state index contributed by atoms with van der Waals surface area (Å²) in [6.07, 6.45) is -24.0. The first kappa shape index (κ1) is 38.2. The zero-order chi connectivity index (χ0) is 37.6. The second-order valence-corrected chi connectivity index (χ2v) is 12.8. The first-order valence-electron chi connectivity index (χ1n) is 16.3. The van der Waals surface area contributed by atoms with Crippen molar-refractivity contribution in [2.75, 3.05) is 13.2 Å². The van der Waals surface area contributed by atoms with Gasteiger partial charge in [-0.25, -0.2) is 4.42 Å². The van der Waals surface area contributed by atoms with Gasteiger partial charge in [0.05, 0.1) is 30.9 Å². The Bertz CT molecular complexity index is 1670. The van der Waals surface area contributed by atoms with Gasteiger partial charge in [0.2, 0.25) is 18.3 Å². The van der Waals surface area contributed by atoms with Crippen molar-refractivity contribution in [2.45, 2.75) is 99.0 Å². The molecule has 15 atom stereocenters. The molecular weight excluding hydrogens is 700 g/mol. The quantitative estimate of drug-likeness (QED) is 0.0973. The zero-order valence-electron chi connectivity index (χ0n) is 27.3. The van der Waals surface area contributed by atoms with Crippen LogP contribution in [0.15, 0.2) is 46.9 Å². The highest BCUT2D eigenvalue weighted by Gasteiger charge is 2.49. The summed E-state index contributed by atoms with van der Waals surface area (Å²) in [4.78, 5) is 0. The van der Waals surface area contributed by atoms with Crippen LogP contribution in [0.1, 0.15) is 6.92 Å². The maximum atomic E-state index is 10.9. The van der Waals surface area contributed by atoms with Crippen LogP contribution in [0, 0.1) is 0 Å². The van der Waals surface area contributed by atoms with Gasteiger partial charge in [-0.05, 0) is 31.2 Å². The number of hydrogen-bond donors (Lipinski definition) is 12. The fourth-order valence-corrected chi connectivity index (χ4v) is 6.08. The predicted octanol–water partition coefficient (Wildman–Crippen LogP) is -3.00. The molecule has 286 valence electrons. The van der Waals surface area contributed by atoms with Gasteiger partial charge in [0, 0.05) is 12.1 Å². The third-order valence-electron chi connectivity index (χ3n) is 9.17. The van der Waals surface area contributed by atoms with Crippen molar-refractivity contribution >= 4 is 11.0 Å². The van der Waals surface area contributed by atoms with Crippen LogP contribution in [0.5, 0.6) is 23.0 Å². The molecule has 0 radical (unpaired) electrons. The van der Waals surface area contributed by atoms with Crippen LogP contribution in [0.2, 0.25) is 0 Å². The first-order chi connectivity index (χ1) is 24.7. The van der Waals surface area contributed by atoms with E-state index in [4.69, 9.17) is 32.8 Å². The average molecular weight is 742 g/mol. The van der Waals surface area contributed by atoms with E-state index in [1.807, 2.05) is 0 Å².